The fraction of sp³-hybridized carbons (Fsp3) is 0.294. The molecule has 20 heavy (non-hydrogen) atoms. The van der Waals surface area contributed by atoms with E-state index >= 15 is 0 Å². The molecule has 0 fully saturated rings. The highest BCUT2D eigenvalue weighted by Crippen LogP contribution is 2.27. The highest BCUT2D eigenvalue weighted by atomic mass is 19.1. The Morgan fingerprint density at radius 2 is 1.90 bits per heavy atom. The summed E-state index contributed by atoms with van der Waals surface area (Å²) in [5.41, 5.74) is 1.70. The average molecular weight is 273 g/mol. The molecular weight excluding hydrogens is 253 g/mol. The molecule has 0 bridgehead atoms. The van der Waals surface area contributed by atoms with Gasteiger partial charge in [0.15, 0.2) is 0 Å². The maximum absolute atomic E-state index is 14.3. The van der Waals surface area contributed by atoms with Gasteiger partial charge in [0.2, 0.25) is 0 Å². The zero-order valence-electron chi connectivity index (χ0n) is 11.9. The molecule has 0 saturated heterocycles. The van der Waals surface area contributed by atoms with E-state index in [4.69, 9.17) is 4.74 Å². The first kappa shape index (κ1) is 14.5. The molecule has 0 heterocycles. The van der Waals surface area contributed by atoms with Gasteiger partial charge in [0.1, 0.15) is 11.6 Å². The minimum absolute atomic E-state index is 0.137. The Morgan fingerprint density at radius 1 is 1.15 bits per heavy atom. The molecule has 1 atom stereocenters. The lowest BCUT2D eigenvalue weighted by atomic mass is 9.98. The van der Waals surface area contributed by atoms with Gasteiger partial charge in [-0.15, -0.1) is 0 Å². The number of hydrogen-bond donors (Lipinski definition) is 1. The van der Waals surface area contributed by atoms with Crippen LogP contribution in [0, 0.1) is 5.82 Å². The highest BCUT2D eigenvalue weighted by molar-refractivity contribution is 5.36. The second-order valence-corrected chi connectivity index (χ2v) is 4.69. The van der Waals surface area contributed by atoms with E-state index in [0.29, 0.717) is 11.3 Å². The van der Waals surface area contributed by atoms with Crippen molar-refractivity contribution in [3.8, 4) is 5.75 Å². The SMILES string of the molecule is CCCNC(c1ccccc1)c1ccc(OC)cc1F. The summed E-state index contributed by atoms with van der Waals surface area (Å²) in [4.78, 5) is 0. The molecule has 0 spiro atoms. The molecule has 0 aliphatic heterocycles. The predicted molar refractivity (Wildman–Crippen MR) is 79.5 cm³/mol. The van der Waals surface area contributed by atoms with Crippen LogP contribution in [0.3, 0.4) is 0 Å². The second-order valence-electron chi connectivity index (χ2n) is 4.69. The zero-order valence-corrected chi connectivity index (χ0v) is 11.9. The van der Waals surface area contributed by atoms with Crippen molar-refractivity contribution in [2.45, 2.75) is 19.4 Å². The molecule has 1 N–H and O–H groups in total. The fourth-order valence-electron chi connectivity index (χ4n) is 2.21. The van der Waals surface area contributed by atoms with Crippen LogP contribution in [0.2, 0.25) is 0 Å². The third-order valence-corrected chi connectivity index (χ3v) is 3.25. The number of hydrogen-bond acceptors (Lipinski definition) is 2. The van der Waals surface area contributed by atoms with Gasteiger partial charge in [-0.25, -0.2) is 4.39 Å². The minimum atomic E-state index is -0.248. The van der Waals surface area contributed by atoms with Crippen LogP contribution in [0.5, 0.6) is 5.75 Å². The number of benzene rings is 2. The molecular formula is C17H20FNO. The van der Waals surface area contributed by atoms with Gasteiger partial charge >= 0.3 is 0 Å². The standard InChI is InChI=1S/C17H20FNO/c1-3-11-19-17(13-7-5-4-6-8-13)15-10-9-14(20-2)12-16(15)18/h4-10,12,17,19H,3,11H2,1-2H3. The summed E-state index contributed by atoms with van der Waals surface area (Å²) in [5.74, 6) is 0.287. The van der Waals surface area contributed by atoms with E-state index < -0.39 is 0 Å². The molecule has 2 rings (SSSR count). The maximum Gasteiger partial charge on any atom is 0.132 e. The molecule has 106 valence electrons. The second kappa shape index (κ2) is 7.06. The van der Waals surface area contributed by atoms with Crippen LogP contribution in [-0.2, 0) is 0 Å². The van der Waals surface area contributed by atoms with Gasteiger partial charge in [-0.05, 0) is 24.6 Å². The Balaban J connectivity index is 2.36. The van der Waals surface area contributed by atoms with Crippen LogP contribution in [0.4, 0.5) is 4.39 Å². The topological polar surface area (TPSA) is 21.3 Å². The van der Waals surface area contributed by atoms with Gasteiger partial charge < -0.3 is 10.1 Å². The Morgan fingerprint density at radius 3 is 2.50 bits per heavy atom. The van der Waals surface area contributed by atoms with E-state index in [1.165, 1.54) is 6.07 Å². The largest absolute Gasteiger partial charge is 0.497 e. The lowest BCUT2D eigenvalue weighted by molar-refractivity contribution is 0.410. The van der Waals surface area contributed by atoms with Crippen molar-refractivity contribution in [1.29, 1.82) is 0 Å². The molecule has 0 saturated carbocycles. The van der Waals surface area contributed by atoms with Crippen molar-refractivity contribution in [2.75, 3.05) is 13.7 Å². The van der Waals surface area contributed by atoms with Crippen LogP contribution < -0.4 is 10.1 Å². The van der Waals surface area contributed by atoms with E-state index in [0.717, 1.165) is 18.5 Å². The summed E-state index contributed by atoms with van der Waals surface area (Å²) in [6.45, 7) is 2.93. The van der Waals surface area contributed by atoms with Crippen molar-refractivity contribution in [1.82, 2.24) is 5.32 Å². The molecule has 0 radical (unpaired) electrons. The Kier molecular flexibility index (Phi) is 5.13. The molecule has 0 aliphatic carbocycles. The van der Waals surface area contributed by atoms with Gasteiger partial charge in [0.05, 0.1) is 13.2 Å². The number of ether oxygens (including phenoxy) is 1. The Bertz CT molecular complexity index is 542. The van der Waals surface area contributed by atoms with Gasteiger partial charge in [0, 0.05) is 11.6 Å². The van der Waals surface area contributed by atoms with E-state index in [9.17, 15) is 4.39 Å². The summed E-state index contributed by atoms with van der Waals surface area (Å²) in [7, 11) is 1.54. The van der Waals surface area contributed by atoms with Crippen molar-refractivity contribution >= 4 is 0 Å². The summed E-state index contributed by atoms with van der Waals surface area (Å²) in [6, 6.07) is 14.8. The average Bonchev–Trinajstić information content (AvgIpc) is 2.50. The number of rotatable bonds is 6. The van der Waals surface area contributed by atoms with Crippen molar-refractivity contribution < 1.29 is 9.13 Å². The molecule has 0 aliphatic rings. The highest BCUT2D eigenvalue weighted by Gasteiger charge is 2.17. The maximum atomic E-state index is 14.3. The Hall–Kier alpha value is -1.87. The fourth-order valence-corrected chi connectivity index (χ4v) is 2.21. The van der Waals surface area contributed by atoms with Crippen molar-refractivity contribution in [3.05, 3.63) is 65.5 Å². The lowest BCUT2D eigenvalue weighted by Crippen LogP contribution is -2.24. The molecule has 2 aromatic carbocycles. The summed E-state index contributed by atoms with van der Waals surface area (Å²) >= 11 is 0. The summed E-state index contributed by atoms with van der Waals surface area (Å²) < 4.78 is 19.3. The van der Waals surface area contributed by atoms with Crippen LogP contribution in [0.15, 0.2) is 48.5 Å². The van der Waals surface area contributed by atoms with Crippen LogP contribution in [0.1, 0.15) is 30.5 Å². The first-order valence-electron chi connectivity index (χ1n) is 6.88. The summed E-state index contributed by atoms with van der Waals surface area (Å²) in [5, 5.41) is 3.40. The van der Waals surface area contributed by atoms with E-state index in [1.54, 1.807) is 19.2 Å². The molecule has 1 unspecified atom stereocenters. The lowest BCUT2D eigenvalue weighted by Gasteiger charge is -2.20. The Labute approximate surface area is 119 Å². The van der Waals surface area contributed by atoms with Gasteiger partial charge in [-0.2, -0.15) is 0 Å². The van der Waals surface area contributed by atoms with Crippen LogP contribution in [0.25, 0.3) is 0 Å². The first-order valence-corrected chi connectivity index (χ1v) is 6.88. The predicted octanol–water partition coefficient (Wildman–Crippen LogP) is 3.92. The zero-order chi connectivity index (χ0) is 14.4. The third-order valence-electron chi connectivity index (χ3n) is 3.25. The molecule has 3 heteroatoms. The molecule has 2 aromatic rings. The molecule has 0 aromatic heterocycles. The van der Waals surface area contributed by atoms with Crippen molar-refractivity contribution in [2.24, 2.45) is 0 Å². The number of methoxy groups -OCH3 is 1. The van der Waals surface area contributed by atoms with Crippen LogP contribution in [-0.4, -0.2) is 13.7 Å². The van der Waals surface area contributed by atoms with Gasteiger partial charge in [0.25, 0.3) is 0 Å². The quantitative estimate of drug-likeness (QED) is 0.861. The van der Waals surface area contributed by atoms with Gasteiger partial charge in [-0.3, -0.25) is 0 Å². The normalized spacial score (nSPS) is 12.2. The smallest absolute Gasteiger partial charge is 0.132 e. The van der Waals surface area contributed by atoms with Crippen LogP contribution >= 0.6 is 0 Å². The molecule has 0 amide bonds. The third kappa shape index (κ3) is 3.36. The van der Waals surface area contributed by atoms with E-state index in [-0.39, 0.29) is 11.9 Å². The van der Waals surface area contributed by atoms with Crippen molar-refractivity contribution in [3.63, 3.8) is 0 Å². The van der Waals surface area contributed by atoms with Gasteiger partial charge in [-0.1, -0.05) is 43.3 Å². The van der Waals surface area contributed by atoms with E-state index in [1.807, 2.05) is 30.3 Å². The van der Waals surface area contributed by atoms with E-state index in [2.05, 4.69) is 12.2 Å². The summed E-state index contributed by atoms with van der Waals surface area (Å²) in [6.07, 6.45) is 1.00. The monoisotopic (exact) mass is 273 g/mol. The minimum Gasteiger partial charge on any atom is -0.497 e. The molecule has 2 nitrogen and oxygen atoms in total. The first-order chi connectivity index (χ1) is 9.76. The number of nitrogens with one attached hydrogen (secondary N) is 1. The number of halogens is 1.